The molecular formula is C24H19ClO5. The lowest BCUT2D eigenvalue weighted by Gasteiger charge is -2.40. The summed E-state index contributed by atoms with van der Waals surface area (Å²) < 4.78 is 17.7. The molecular weight excluding hydrogens is 404 g/mol. The van der Waals surface area contributed by atoms with E-state index in [-0.39, 0.29) is 12.7 Å². The third-order valence-corrected chi connectivity index (χ3v) is 6.88. The van der Waals surface area contributed by atoms with E-state index >= 15 is 0 Å². The highest BCUT2D eigenvalue weighted by atomic mass is 35.5. The first-order valence-corrected chi connectivity index (χ1v) is 10.3. The zero-order valence-electron chi connectivity index (χ0n) is 15.9. The molecule has 5 nitrogen and oxygen atoms in total. The number of ether oxygens (including phenoxy) is 3. The second kappa shape index (κ2) is 6.14. The van der Waals surface area contributed by atoms with Crippen LogP contribution in [-0.4, -0.2) is 23.1 Å². The molecule has 0 aromatic heterocycles. The molecule has 2 N–H and O–H groups in total. The van der Waals surface area contributed by atoms with Gasteiger partial charge in [-0.15, -0.1) is 0 Å². The van der Waals surface area contributed by atoms with Crippen LogP contribution in [0.5, 0.6) is 17.2 Å². The van der Waals surface area contributed by atoms with Crippen molar-refractivity contribution in [2.45, 2.75) is 29.6 Å². The first-order chi connectivity index (χ1) is 14.5. The Kier molecular flexibility index (Phi) is 3.70. The van der Waals surface area contributed by atoms with Gasteiger partial charge in [-0.25, -0.2) is 0 Å². The van der Waals surface area contributed by atoms with Gasteiger partial charge in [0, 0.05) is 22.6 Å². The first-order valence-electron chi connectivity index (χ1n) is 9.88. The van der Waals surface area contributed by atoms with Crippen molar-refractivity contribution in [1.82, 2.24) is 0 Å². The molecule has 2 aliphatic heterocycles. The van der Waals surface area contributed by atoms with Crippen LogP contribution in [0.25, 0.3) is 0 Å². The average Bonchev–Trinajstić information content (AvgIpc) is 3.38. The Labute approximate surface area is 178 Å². The van der Waals surface area contributed by atoms with E-state index in [0.29, 0.717) is 34.3 Å². The third kappa shape index (κ3) is 2.15. The van der Waals surface area contributed by atoms with Crippen molar-refractivity contribution < 1.29 is 24.4 Å². The number of aliphatic hydroxyl groups excluding tert-OH is 1. The maximum absolute atomic E-state index is 12.2. The molecule has 4 atom stereocenters. The zero-order chi connectivity index (χ0) is 20.5. The van der Waals surface area contributed by atoms with E-state index in [4.69, 9.17) is 25.8 Å². The lowest BCUT2D eigenvalue weighted by molar-refractivity contribution is -0.149. The standard InChI is InChI=1S/C24H19ClO5/c25-16-8-6-15(7-9-16)24-17(14-4-2-1-3-5-14)11-22(26)23(24,27)18-10-20-21(29-13-28-20)12-19(18)30-24/h1-10,12,17,22,26-27H,11,13H2/t17-,22-,23-,24-/m0/s1. The third-order valence-electron chi connectivity index (χ3n) is 6.63. The van der Waals surface area contributed by atoms with Crippen LogP contribution >= 0.6 is 11.6 Å². The summed E-state index contributed by atoms with van der Waals surface area (Å²) in [5.74, 6) is 1.29. The van der Waals surface area contributed by atoms with E-state index in [0.717, 1.165) is 11.1 Å². The number of fused-ring (bicyclic) bond motifs is 4. The van der Waals surface area contributed by atoms with Crippen LogP contribution in [0.2, 0.25) is 5.02 Å². The van der Waals surface area contributed by atoms with Crippen LogP contribution in [0.15, 0.2) is 66.7 Å². The van der Waals surface area contributed by atoms with Gasteiger partial charge in [-0.1, -0.05) is 54.1 Å². The fourth-order valence-corrected chi connectivity index (χ4v) is 5.44. The molecule has 3 aliphatic rings. The number of halogens is 1. The number of rotatable bonds is 2. The summed E-state index contributed by atoms with van der Waals surface area (Å²) in [6.45, 7) is 0.119. The fourth-order valence-electron chi connectivity index (χ4n) is 5.31. The Morgan fingerprint density at radius 1 is 0.900 bits per heavy atom. The van der Waals surface area contributed by atoms with Gasteiger partial charge in [0.2, 0.25) is 6.79 Å². The van der Waals surface area contributed by atoms with Gasteiger partial charge < -0.3 is 24.4 Å². The Balaban J connectivity index is 1.63. The van der Waals surface area contributed by atoms with Gasteiger partial charge in [0.1, 0.15) is 5.75 Å². The lowest BCUT2D eigenvalue weighted by atomic mass is 9.71. The highest BCUT2D eigenvalue weighted by Crippen LogP contribution is 2.67. The van der Waals surface area contributed by atoms with Gasteiger partial charge in [0.05, 0.1) is 6.10 Å². The van der Waals surface area contributed by atoms with Gasteiger partial charge >= 0.3 is 0 Å². The number of benzene rings is 3. The van der Waals surface area contributed by atoms with Crippen LogP contribution in [-0.2, 0) is 11.2 Å². The highest BCUT2D eigenvalue weighted by molar-refractivity contribution is 6.30. The van der Waals surface area contributed by atoms with E-state index < -0.39 is 17.3 Å². The van der Waals surface area contributed by atoms with E-state index in [1.165, 1.54) is 0 Å². The summed E-state index contributed by atoms with van der Waals surface area (Å²) >= 11 is 6.15. The smallest absolute Gasteiger partial charge is 0.231 e. The zero-order valence-corrected chi connectivity index (χ0v) is 16.7. The molecule has 30 heavy (non-hydrogen) atoms. The van der Waals surface area contributed by atoms with Crippen LogP contribution in [0.4, 0.5) is 0 Å². The predicted octanol–water partition coefficient (Wildman–Crippen LogP) is 4.09. The molecule has 0 amide bonds. The molecule has 0 saturated heterocycles. The molecule has 0 unspecified atom stereocenters. The van der Waals surface area contributed by atoms with E-state index in [1.54, 1.807) is 24.3 Å². The molecule has 0 spiro atoms. The van der Waals surface area contributed by atoms with Crippen LogP contribution in [0.1, 0.15) is 29.0 Å². The van der Waals surface area contributed by atoms with E-state index in [1.807, 2.05) is 42.5 Å². The Hall–Kier alpha value is -2.73. The molecule has 0 radical (unpaired) electrons. The van der Waals surface area contributed by atoms with Gasteiger partial charge in [-0.3, -0.25) is 0 Å². The minimum atomic E-state index is -1.67. The molecule has 0 bridgehead atoms. The topological polar surface area (TPSA) is 68.2 Å². The summed E-state index contributed by atoms with van der Waals surface area (Å²) in [4.78, 5) is 0. The fraction of sp³-hybridized carbons (Fsp3) is 0.250. The normalized spacial score (nSPS) is 30.6. The van der Waals surface area contributed by atoms with Gasteiger partial charge in [-0.05, 0) is 35.7 Å². The quantitative estimate of drug-likeness (QED) is 0.651. The molecule has 1 fully saturated rings. The van der Waals surface area contributed by atoms with E-state index in [2.05, 4.69) is 0 Å². The summed E-state index contributed by atoms with van der Waals surface area (Å²) in [6, 6.07) is 20.6. The average molecular weight is 423 g/mol. The van der Waals surface area contributed by atoms with Crippen LogP contribution in [0, 0.1) is 0 Å². The van der Waals surface area contributed by atoms with Crippen molar-refractivity contribution in [3.05, 3.63) is 88.4 Å². The Morgan fingerprint density at radius 2 is 1.60 bits per heavy atom. The molecule has 2 heterocycles. The highest BCUT2D eigenvalue weighted by Gasteiger charge is 2.72. The van der Waals surface area contributed by atoms with Crippen molar-refractivity contribution in [2.75, 3.05) is 6.79 Å². The molecule has 6 rings (SSSR count). The SMILES string of the molecule is O[C@H]1C[C@@H](c2ccccc2)[C@]2(c3ccc(Cl)cc3)Oc3cc4c(cc3[C@]12O)OCO4. The van der Waals surface area contributed by atoms with Crippen molar-refractivity contribution in [3.63, 3.8) is 0 Å². The van der Waals surface area contributed by atoms with Crippen LogP contribution in [0.3, 0.4) is 0 Å². The number of aliphatic hydroxyl groups is 2. The predicted molar refractivity (Wildman–Crippen MR) is 110 cm³/mol. The largest absolute Gasteiger partial charge is 0.478 e. The Bertz CT molecular complexity index is 1130. The van der Waals surface area contributed by atoms with Gasteiger partial charge in [0.15, 0.2) is 22.7 Å². The number of hydrogen-bond acceptors (Lipinski definition) is 5. The van der Waals surface area contributed by atoms with Gasteiger partial charge in [-0.2, -0.15) is 0 Å². The van der Waals surface area contributed by atoms with Crippen molar-refractivity contribution in [2.24, 2.45) is 0 Å². The first kappa shape index (κ1) is 18.1. The van der Waals surface area contributed by atoms with Crippen molar-refractivity contribution >= 4 is 11.6 Å². The van der Waals surface area contributed by atoms with Crippen molar-refractivity contribution in [1.29, 1.82) is 0 Å². The molecule has 3 aromatic carbocycles. The minimum Gasteiger partial charge on any atom is -0.478 e. The second-order valence-electron chi connectivity index (χ2n) is 8.03. The second-order valence-corrected chi connectivity index (χ2v) is 8.46. The lowest BCUT2D eigenvalue weighted by Crippen LogP contribution is -2.51. The van der Waals surface area contributed by atoms with E-state index in [9.17, 15) is 10.2 Å². The van der Waals surface area contributed by atoms with Crippen LogP contribution < -0.4 is 14.2 Å². The maximum atomic E-state index is 12.2. The minimum absolute atomic E-state index is 0.119. The molecule has 152 valence electrons. The summed E-state index contributed by atoms with van der Waals surface area (Å²) in [5.41, 5.74) is -0.658. The van der Waals surface area contributed by atoms with Crippen molar-refractivity contribution in [3.8, 4) is 17.2 Å². The summed E-state index contributed by atoms with van der Waals surface area (Å²) in [7, 11) is 0. The number of hydrogen-bond donors (Lipinski definition) is 2. The molecule has 1 saturated carbocycles. The molecule has 3 aromatic rings. The monoisotopic (exact) mass is 422 g/mol. The molecule has 1 aliphatic carbocycles. The summed E-state index contributed by atoms with van der Waals surface area (Å²) in [5, 5.41) is 24.0. The van der Waals surface area contributed by atoms with Gasteiger partial charge in [0.25, 0.3) is 0 Å². The summed E-state index contributed by atoms with van der Waals surface area (Å²) in [6.07, 6.45) is -0.697. The maximum Gasteiger partial charge on any atom is 0.231 e. The Morgan fingerprint density at radius 3 is 2.33 bits per heavy atom. The molecule has 6 heteroatoms.